The van der Waals surface area contributed by atoms with Crippen LogP contribution in [0.4, 0.5) is 0 Å². The van der Waals surface area contributed by atoms with Gasteiger partial charge in [0.15, 0.2) is 18.2 Å². The van der Waals surface area contributed by atoms with Crippen molar-refractivity contribution in [1.29, 1.82) is 0 Å². The zero-order valence-corrected chi connectivity index (χ0v) is 27.4. The summed E-state index contributed by atoms with van der Waals surface area (Å²) in [5, 5.41) is 30.9. The molecule has 2 saturated heterocycles. The maximum atomic E-state index is 14.5. The van der Waals surface area contributed by atoms with Crippen molar-refractivity contribution in [3.05, 3.63) is 0 Å². The number of esters is 1. The second-order valence-corrected chi connectivity index (χ2v) is 17.2. The van der Waals surface area contributed by atoms with Crippen LogP contribution in [-0.2, 0) is 28.5 Å². The Hall–Kier alpha value is -1.10. The van der Waals surface area contributed by atoms with Crippen molar-refractivity contribution >= 4 is 11.8 Å². The second kappa shape index (κ2) is 10.2. The number of ether oxygens (including phenoxy) is 4. The minimum atomic E-state index is -1.27. The molecular weight excluding hydrogens is 564 g/mol. The van der Waals surface area contributed by atoms with Gasteiger partial charge < -0.3 is 34.3 Å². The van der Waals surface area contributed by atoms with Crippen LogP contribution in [0.3, 0.4) is 0 Å². The number of hydrogen-bond acceptors (Lipinski definition) is 9. The van der Waals surface area contributed by atoms with Gasteiger partial charge in [-0.2, -0.15) is 0 Å². The van der Waals surface area contributed by atoms with E-state index >= 15 is 0 Å². The average Bonchev–Trinajstić information content (AvgIpc) is 3.55. The molecular formula is C35H54O9. The second-order valence-electron chi connectivity index (χ2n) is 17.2. The Morgan fingerprint density at radius 2 is 1.70 bits per heavy atom. The molecule has 0 bridgehead atoms. The van der Waals surface area contributed by atoms with Crippen molar-refractivity contribution in [3.8, 4) is 0 Å². The largest absolute Gasteiger partial charge is 0.457 e. The highest BCUT2D eigenvalue weighted by molar-refractivity contribution is 5.90. The summed E-state index contributed by atoms with van der Waals surface area (Å²) < 4.78 is 24.5. The molecule has 248 valence electrons. The van der Waals surface area contributed by atoms with Gasteiger partial charge in [0.05, 0.1) is 30.5 Å². The van der Waals surface area contributed by atoms with E-state index in [1.165, 1.54) is 13.3 Å². The molecule has 14 atom stereocenters. The van der Waals surface area contributed by atoms with Gasteiger partial charge in [0.1, 0.15) is 12.2 Å². The van der Waals surface area contributed by atoms with E-state index in [2.05, 4.69) is 20.8 Å². The van der Waals surface area contributed by atoms with Crippen molar-refractivity contribution in [1.82, 2.24) is 0 Å². The van der Waals surface area contributed by atoms with E-state index in [-0.39, 0.29) is 52.0 Å². The van der Waals surface area contributed by atoms with Crippen LogP contribution in [0, 0.1) is 45.3 Å². The minimum absolute atomic E-state index is 0.0136. The minimum Gasteiger partial charge on any atom is -0.457 e. The lowest BCUT2D eigenvalue weighted by atomic mass is 9.46. The number of carbonyl (C=O) groups excluding carboxylic acids is 2. The lowest BCUT2D eigenvalue weighted by Crippen LogP contribution is -2.56. The van der Waals surface area contributed by atoms with Crippen molar-refractivity contribution < 1.29 is 43.9 Å². The van der Waals surface area contributed by atoms with Crippen molar-refractivity contribution in [2.75, 3.05) is 6.61 Å². The molecule has 9 nitrogen and oxygen atoms in total. The van der Waals surface area contributed by atoms with E-state index in [9.17, 15) is 24.9 Å². The summed E-state index contributed by atoms with van der Waals surface area (Å²) in [5.41, 5.74) is -0.999. The molecule has 2 spiro atoms. The fraction of sp³-hybridized carbons (Fsp3) is 0.943. The Kier molecular flexibility index (Phi) is 7.30. The molecule has 0 radical (unpaired) electrons. The van der Waals surface area contributed by atoms with E-state index < -0.39 is 48.4 Å². The molecule has 5 saturated carbocycles. The molecule has 7 rings (SSSR count). The number of carbonyl (C=O) groups is 2. The SMILES string of the molecule is CC(=O)OC(C1CCC2C(O1)C(=O)C1C3CCC4C(C)(C)C(OC5CC(O)C(O)CO5)CCC45CC35CCC21C)C(C)(C)O. The van der Waals surface area contributed by atoms with Gasteiger partial charge in [-0.25, -0.2) is 0 Å². The van der Waals surface area contributed by atoms with Crippen LogP contribution in [0.15, 0.2) is 0 Å². The summed E-state index contributed by atoms with van der Waals surface area (Å²) in [7, 11) is 0. The summed E-state index contributed by atoms with van der Waals surface area (Å²) in [6.45, 7) is 11.8. The van der Waals surface area contributed by atoms with Gasteiger partial charge in [-0.15, -0.1) is 0 Å². The van der Waals surface area contributed by atoms with Crippen LogP contribution in [0.25, 0.3) is 0 Å². The number of fused-ring (bicyclic) bond motifs is 4. The van der Waals surface area contributed by atoms with E-state index in [0.29, 0.717) is 24.7 Å². The number of aliphatic hydroxyl groups is 3. The fourth-order valence-corrected chi connectivity index (χ4v) is 12.3. The molecule has 7 aliphatic rings. The predicted molar refractivity (Wildman–Crippen MR) is 159 cm³/mol. The number of aliphatic hydroxyl groups excluding tert-OH is 2. The number of Topliss-reactive ketones (excluding diaryl/α,β-unsaturated/α-hetero) is 1. The number of rotatable bonds is 5. The summed E-state index contributed by atoms with van der Waals surface area (Å²) in [6, 6.07) is 0. The van der Waals surface area contributed by atoms with Crippen LogP contribution in [0.1, 0.15) is 106 Å². The molecule has 2 aliphatic heterocycles. The molecule has 9 heteroatoms. The molecule has 7 fully saturated rings. The lowest BCUT2D eigenvalue weighted by molar-refractivity contribution is -0.263. The third-order valence-corrected chi connectivity index (χ3v) is 14.3. The Morgan fingerprint density at radius 1 is 0.977 bits per heavy atom. The molecule has 5 aliphatic carbocycles. The molecule has 44 heavy (non-hydrogen) atoms. The number of ketones is 1. The van der Waals surface area contributed by atoms with Crippen molar-refractivity contribution in [2.45, 2.75) is 154 Å². The Labute approximate surface area is 261 Å². The van der Waals surface area contributed by atoms with E-state index in [0.717, 1.165) is 44.9 Å². The van der Waals surface area contributed by atoms with E-state index in [1.54, 1.807) is 13.8 Å². The third-order valence-electron chi connectivity index (χ3n) is 14.3. The van der Waals surface area contributed by atoms with Crippen LogP contribution in [0.5, 0.6) is 0 Å². The summed E-state index contributed by atoms with van der Waals surface area (Å²) in [6.07, 6.45) is 5.40. The highest BCUT2D eigenvalue weighted by Gasteiger charge is 2.82. The van der Waals surface area contributed by atoms with Gasteiger partial charge in [-0.05, 0) is 111 Å². The first kappa shape index (κ1) is 31.5. The van der Waals surface area contributed by atoms with Crippen LogP contribution in [-0.4, -0.2) is 82.2 Å². The smallest absolute Gasteiger partial charge is 0.303 e. The summed E-state index contributed by atoms with van der Waals surface area (Å²) in [5.74, 6) is 0.804. The first-order valence-corrected chi connectivity index (χ1v) is 17.3. The van der Waals surface area contributed by atoms with Crippen molar-refractivity contribution in [3.63, 3.8) is 0 Å². The lowest BCUT2D eigenvalue weighted by Gasteiger charge is -2.59. The Bertz CT molecular complexity index is 1180. The molecule has 2 heterocycles. The van der Waals surface area contributed by atoms with Crippen molar-refractivity contribution in [2.24, 2.45) is 45.3 Å². The standard InChI is InChI=1S/C35H54O9/c1-18(36)42-30(32(4,5)40)23-9-7-20-29(43-23)28(39)27-19-8-10-24-31(2,3)25(44-26-15-21(37)22(38)16-41-26)11-12-35(24)17-34(19,35)14-13-33(20,27)6/h19-27,29-30,37-38,40H,7-17H2,1-6H3. The van der Waals surface area contributed by atoms with Crippen LogP contribution < -0.4 is 0 Å². The van der Waals surface area contributed by atoms with Gasteiger partial charge in [0.25, 0.3) is 0 Å². The normalized spacial score (nSPS) is 51.6. The zero-order chi connectivity index (χ0) is 31.6. The first-order valence-electron chi connectivity index (χ1n) is 17.3. The van der Waals surface area contributed by atoms with E-state index in [4.69, 9.17) is 18.9 Å². The molecule has 0 amide bonds. The van der Waals surface area contributed by atoms with Gasteiger partial charge in [0.2, 0.25) is 0 Å². The average molecular weight is 619 g/mol. The summed E-state index contributed by atoms with van der Waals surface area (Å²) in [4.78, 5) is 26.4. The molecule has 0 aromatic rings. The summed E-state index contributed by atoms with van der Waals surface area (Å²) >= 11 is 0. The number of hydrogen-bond donors (Lipinski definition) is 3. The Morgan fingerprint density at radius 3 is 2.39 bits per heavy atom. The topological polar surface area (TPSA) is 132 Å². The van der Waals surface area contributed by atoms with Crippen LogP contribution >= 0.6 is 0 Å². The molecule has 14 unspecified atom stereocenters. The monoisotopic (exact) mass is 618 g/mol. The van der Waals surface area contributed by atoms with Gasteiger partial charge in [0, 0.05) is 19.3 Å². The molecule has 0 aromatic heterocycles. The highest BCUT2D eigenvalue weighted by atomic mass is 16.7. The van der Waals surface area contributed by atoms with Gasteiger partial charge in [-0.3, -0.25) is 9.59 Å². The van der Waals surface area contributed by atoms with Gasteiger partial charge >= 0.3 is 5.97 Å². The highest BCUT2D eigenvalue weighted by Crippen LogP contribution is 2.87. The quantitative estimate of drug-likeness (QED) is 0.310. The zero-order valence-electron chi connectivity index (χ0n) is 27.4. The fourth-order valence-electron chi connectivity index (χ4n) is 12.3. The Balaban J connectivity index is 1.10. The first-order chi connectivity index (χ1) is 20.5. The maximum Gasteiger partial charge on any atom is 0.303 e. The molecule has 0 aromatic carbocycles. The predicted octanol–water partition coefficient (Wildman–Crippen LogP) is 3.93. The van der Waals surface area contributed by atoms with Gasteiger partial charge in [-0.1, -0.05) is 20.8 Å². The molecule has 3 N–H and O–H groups in total. The van der Waals surface area contributed by atoms with E-state index in [1.807, 2.05) is 0 Å². The third kappa shape index (κ3) is 4.38. The maximum absolute atomic E-state index is 14.5. The van der Waals surface area contributed by atoms with Crippen LogP contribution in [0.2, 0.25) is 0 Å².